The van der Waals surface area contributed by atoms with Crippen LogP contribution in [0.3, 0.4) is 0 Å². The molecule has 4 heterocycles. The van der Waals surface area contributed by atoms with E-state index in [0.29, 0.717) is 17.5 Å². The molecule has 384 valence electrons. The summed E-state index contributed by atoms with van der Waals surface area (Å²) >= 11 is 0. The smallest absolute Gasteiger partial charge is 0.164 e. The number of rotatable bonds is 9. The third-order valence-corrected chi connectivity index (χ3v) is 16.3. The molecule has 0 aliphatic heterocycles. The molecular weight excluding hydrogens is 997 g/mol. The lowest BCUT2D eigenvalue weighted by Gasteiger charge is -2.22. The molecule has 0 N–H and O–H groups in total. The summed E-state index contributed by atoms with van der Waals surface area (Å²) in [7, 11) is 0. The molecule has 16 aromatic rings. The van der Waals surface area contributed by atoms with Gasteiger partial charge in [0.05, 0.1) is 38.8 Å². The first-order chi connectivity index (χ1) is 40.6. The largest absolute Gasteiger partial charge is 0.309 e. The molecule has 6 heteroatoms. The van der Waals surface area contributed by atoms with Crippen molar-refractivity contribution in [3.05, 3.63) is 291 Å². The molecule has 0 bridgehead atoms. The van der Waals surface area contributed by atoms with Crippen molar-refractivity contribution >= 4 is 65.4 Å². The second kappa shape index (κ2) is 19.2. The molecule has 0 aliphatic carbocycles. The highest BCUT2D eigenvalue weighted by Crippen LogP contribution is 2.46. The lowest BCUT2D eigenvalue weighted by atomic mass is 9.92. The van der Waals surface area contributed by atoms with Gasteiger partial charge in [-0.25, -0.2) is 15.0 Å². The number of aromatic nitrogens is 6. The zero-order valence-corrected chi connectivity index (χ0v) is 44.8. The van der Waals surface area contributed by atoms with E-state index in [0.717, 1.165) is 89.1 Å². The zero-order chi connectivity index (χ0) is 54.3. The summed E-state index contributed by atoms with van der Waals surface area (Å²) < 4.78 is 7.33. The molecule has 12 aromatic carbocycles. The molecule has 0 atom stereocenters. The van der Waals surface area contributed by atoms with Crippen LogP contribution < -0.4 is 0 Å². The Labute approximate surface area is 473 Å². The van der Waals surface area contributed by atoms with E-state index in [1.165, 1.54) is 49.0 Å². The number of fused-ring (bicyclic) bond motifs is 9. The van der Waals surface area contributed by atoms with E-state index in [4.69, 9.17) is 15.0 Å². The van der Waals surface area contributed by atoms with E-state index in [1.54, 1.807) is 0 Å². The van der Waals surface area contributed by atoms with Gasteiger partial charge in [0.25, 0.3) is 0 Å². The van der Waals surface area contributed by atoms with Crippen LogP contribution in [0, 0.1) is 6.92 Å². The highest BCUT2D eigenvalue weighted by atomic mass is 15.0. The fourth-order valence-electron chi connectivity index (χ4n) is 12.5. The minimum atomic E-state index is 0.573. The molecule has 16 rings (SSSR count). The Morgan fingerprint density at radius 1 is 0.232 bits per heavy atom. The highest BCUT2D eigenvalue weighted by Gasteiger charge is 2.25. The van der Waals surface area contributed by atoms with Gasteiger partial charge < -0.3 is 13.7 Å². The van der Waals surface area contributed by atoms with Gasteiger partial charge in [0.15, 0.2) is 17.5 Å². The van der Waals surface area contributed by atoms with E-state index < -0.39 is 0 Å². The fraction of sp³-hybridized carbons (Fsp3) is 0.0132. The second-order valence-corrected chi connectivity index (χ2v) is 21.2. The molecule has 0 radical (unpaired) electrons. The van der Waals surface area contributed by atoms with Crippen molar-refractivity contribution in [2.45, 2.75) is 6.92 Å². The van der Waals surface area contributed by atoms with Crippen LogP contribution in [0.25, 0.3) is 150 Å². The summed E-state index contributed by atoms with van der Waals surface area (Å²) in [6.07, 6.45) is 0. The molecule has 6 nitrogen and oxygen atoms in total. The van der Waals surface area contributed by atoms with Crippen LogP contribution in [-0.2, 0) is 0 Å². The number of aryl methyl sites for hydroxylation is 1. The number of nitrogens with zero attached hydrogens (tertiary/aromatic N) is 6. The summed E-state index contributed by atoms with van der Waals surface area (Å²) in [5, 5.41) is 7.19. The maximum absolute atomic E-state index is 5.42. The second-order valence-electron chi connectivity index (χ2n) is 21.2. The van der Waals surface area contributed by atoms with Gasteiger partial charge in [-0.15, -0.1) is 0 Å². The monoisotopic (exact) mass is 1050 g/mol. The van der Waals surface area contributed by atoms with Crippen LogP contribution in [0.15, 0.2) is 285 Å². The Morgan fingerprint density at radius 2 is 0.585 bits per heavy atom. The van der Waals surface area contributed by atoms with Crippen LogP contribution in [-0.4, -0.2) is 28.7 Å². The van der Waals surface area contributed by atoms with Crippen LogP contribution in [0.4, 0.5) is 0 Å². The third kappa shape index (κ3) is 7.76. The van der Waals surface area contributed by atoms with Crippen molar-refractivity contribution in [3.8, 4) is 84.6 Å². The van der Waals surface area contributed by atoms with Crippen molar-refractivity contribution in [2.24, 2.45) is 0 Å². The van der Waals surface area contributed by atoms with Gasteiger partial charge in [0, 0.05) is 71.5 Å². The van der Waals surface area contributed by atoms with Crippen molar-refractivity contribution in [3.63, 3.8) is 0 Å². The summed E-state index contributed by atoms with van der Waals surface area (Å²) in [6.45, 7) is 2.14. The predicted octanol–water partition coefficient (Wildman–Crippen LogP) is 19.5. The Morgan fingerprint density at radius 3 is 1.04 bits per heavy atom. The summed E-state index contributed by atoms with van der Waals surface area (Å²) in [5.74, 6) is 1.78. The minimum Gasteiger partial charge on any atom is -0.309 e. The number of para-hydroxylation sites is 5. The van der Waals surface area contributed by atoms with Crippen LogP contribution in [0.5, 0.6) is 0 Å². The minimum absolute atomic E-state index is 0.573. The standard InChI is InChI=1S/C76H50N6/c1-49-38-40-50(41-39-49)53-42-43-72-66(46-53)63-32-12-17-37-71(63)82(72)73-64(54-24-18-26-57(44-54)80-67-33-13-8-28-59(67)60-29-9-14-34-68(60)80)47-56(76-78-74(51-20-4-2-5-21-51)77-75(79-76)52-22-6-3-7-23-52)48-65(73)55-25-19-27-58(45-55)81-69-35-15-10-30-61(69)62-31-11-16-36-70(62)81/h2-48H,1H3. The normalized spacial score (nSPS) is 11.7. The SMILES string of the molecule is Cc1ccc(-c2ccc3c(c2)c2ccccc2n3-c2c(-c3cccc(-n4c5ccccc5c5ccccc54)c3)cc(-c3nc(-c4ccccc4)nc(-c4ccccc4)n3)cc2-c2cccc(-n3c4ccccc4c4ccccc43)c2)cc1. The van der Waals surface area contributed by atoms with Crippen molar-refractivity contribution in [1.29, 1.82) is 0 Å². The van der Waals surface area contributed by atoms with Gasteiger partial charge >= 0.3 is 0 Å². The first kappa shape index (κ1) is 47.1. The molecule has 0 unspecified atom stereocenters. The topological polar surface area (TPSA) is 53.5 Å². The van der Waals surface area contributed by atoms with Gasteiger partial charge in [-0.3, -0.25) is 0 Å². The molecule has 0 aliphatic rings. The predicted molar refractivity (Wildman–Crippen MR) is 340 cm³/mol. The summed E-state index contributed by atoms with van der Waals surface area (Å²) in [5.41, 5.74) is 20.3. The lowest BCUT2D eigenvalue weighted by Crippen LogP contribution is -2.05. The van der Waals surface area contributed by atoms with E-state index in [1.807, 2.05) is 36.4 Å². The maximum atomic E-state index is 5.42. The maximum Gasteiger partial charge on any atom is 0.164 e. The van der Waals surface area contributed by atoms with Gasteiger partial charge in [0.1, 0.15) is 0 Å². The first-order valence-electron chi connectivity index (χ1n) is 27.9. The summed E-state index contributed by atoms with van der Waals surface area (Å²) in [6, 6.07) is 103. The third-order valence-electron chi connectivity index (χ3n) is 16.3. The number of benzene rings is 12. The highest BCUT2D eigenvalue weighted by molar-refractivity contribution is 6.13. The molecule has 4 aromatic heterocycles. The van der Waals surface area contributed by atoms with Crippen LogP contribution >= 0.6 is 0 Å². The van der Waals surface area contributed by atoms with Crippen molar-refractivity contribution in [1.82, 2.24) is 28.7 Å². The molecule has 0 amide bonds. The van der Waals surface area contributed by atoms with Crippen LogP contribution in [0.2, 0.25) is 0 Å². The molecule has 82 heavy (non-hydrogen) atoms. The lowest BCUT2D eigenvalue weighted by molar-refractivity contribution is 1.07. The Kier molecular flexibility index (Phi) is 11.0. The summed E-state index contributed by atoms with van der Waals surface area (Å²) in [4.78, 5) is 16.0. The van der Waals surface area contributed by atoms with E-state index in [2.05, 4.69) is 269 Å². The number of hydrogen-bond acceptors (Lipinski definition) is 3. The van der Waals surface area contributed by atoms with Gasteiger partial charge in [0.2, 0.25) is 0 Å². The van der Waals surface area contributed by atoms with E-state index in [-0.39, 0.29) is 0 Å². The average molecular weight is 1050 g/mol. The number of hydrogen-bond donors (Lipinski definition) is 0. The zero-order valence-electron chi connectivity index (χ0n) is 44.8. The van der Waals surface area contributed by atoms with Gasteiger partial charge in [-0.05, 0) is 108 Å². The molecule has 0 saturated carbocycles. The Balaban J connectivity index is 1.04. The first-order valence-corrected chi connectivity index (χ1v) is 27.9. The van der Waals surface area contributed by atoms with Crippen molar-refractivity contribution < 1.29 is 0 Å². The Bertz CT molecular complexity index is 4820. The van der Waals surface area contributed by atoms with Crippen LogP contribution in [0.1, 0.15) is 5.56 Å². The molecule has 0 fully saturated rings. The van der Waals surface area contributed by atoms with Gasteiger partial charge in [-0.2, -0.15) is 0 Å². The van der Waals surface area contributed by atoms with E-state index in [9.17, 15) is 0 Å². The average Bonchev–Trinajstić information content (AvgIpc) is 2.86. The molecular formula is C76H50N6. The molecule has 0 spiro atoms. The Hall–Kier alpha value is -11.0. The van der Waals surface area contributed by atoms with Crippen molar-refractivity contribution in [2.75, 3.05) is 0 Å². The fourth-order valence-corrected chi connectivity index (χ4v) is 12.5. The van der Waals surface area contributed by atoms with E-state index >= 15 is 0 Å². The van der Waals surface area contributed by atoms with Gasteiger partial charge in [-0.1, -0.05) is 212 Å². The quantitative estimate of drug-likeness (QED) is 0.145. The molecule has 0 saturated heterocycles.